The Bertz CT molecular complexity index is 1070. The number of ether oxygens (including phenoxy) is 1. The van der Waals surface area contributed by atoms with Gasteiger partial charge >= 0.3 is 0 Å². The van der Waals surface area contributed by atoms with Crippen molar-refractivity contribution in [3.05, 3.63) is 44.7 Å². The maximum absolute atomic E-state index is 13.3. The van der Waals surface area contributed by atoms with E-state index >= 15 is 0 Å². The van der Waals surface area contributed by atoms with Gasteiger partial charge in [0.2, 0.25) is 0 Å². The molecule has 0 spiro atoms. The highest BCUT2D eigenvalue weighted by Gasteiger charge is 2.32. The van der Waals surface area contributed by atoms with Crippen molar-refractivity contribution in [3.8, 4) is 0 Å². The smallest absolute Gasteiger partial charge is 0.267 e. The number of thiocarbonyl (C=S) groups is 1. The number of fused-ring (bicyclic) bond motifs is 1. The van der Waals surface area contributed by atoms with E-state index < -0.39 is 0 Å². The van der Waals surface area contributed by atoms with Crippen LogP contribution in [0.4, 0.5) is 5.82 Å². The van der Waals surface area contributed by atoms with E-state index in [0.29, 0.717) is 46.0 Å². The number of aromatic nitrogens is 2. The zero-order valence-electron chi connectivity index (χ0n) is 17.6. The summed E-state index contributed by atoms with van der Waals surface area (Å²) in [6.45, 7) is 5.44. The number of carbonyl (C=O) groups is 1. The van der Waals surface area contributed by atoms with Crippen LogP contribution in [-0.4, -0.2) is 62.5 Å². The zero-order valence-corrected chi connectivity index (χ0v) is 19.2. The molecular weight excluding hydrogens is 436 g/mol. The fourth-order valence-electron chi connectivity index (χ4n) is 3.07. The van der Waals surface area contributed by atoms with Gasteiger partial charge in [-0.2, -0.15) is 0 Å². The molecule has 31 heavy (non-hydrogen) atoms. The van der Waals surface area contributed by atoms with Crippen LogP contribution in [0.1, 0.15) is 30.9 Å². The first-order chi connectivity index (χ1) is 15.0. The Morgan fingerprint density at radius 3 is 2.87 bits per heavy atom. The third-order valence-corrected chi connectivity index (χ3v) is 6.04. The van der Waals surface area contributed by atoms with Crippen molar-refractivity contribution in [2.45, 2.75) is 26.7 Å². The Hall–Kier alpha value is -2.27. The predicted octanol–water partition coefficient (Wildman–Crippen LogP) is 2.43. The van der Waals surface area contributed by atoms with Crippen molar-refractivity contribution in [1.29, 1.82) is 0 Å². The second-order valence-corrected chi connectivity index (χ2v) is 8.74. The van der Waals surface area contributed by atoms with E-state index in [0.717, 1.165) is 18.4 Å². The Balaban J connectivity index is 1.98. The molecule has 0 atom stereocenters. The molecule has 3 rings (SSSR count). The monoisotopic (exact) mass is 462 g/mol. The highest BCUT2D eigenvalue weighted by Crippen LogP contribution is 2.33. The second-order valence-electron chi connectivity index (χ2n) is 7.06. The second kappa shape index (κ2) is 10.9. The van der Waals surface area contributed by atoms with Gasteiger partial charge in [-0.3, -0.25) is 18.9 Å². The summed E-state index contributed by atoms with van der Waals surface area (Å²) in [6.07, 6.45) is 5.12. The highest BCUT2D eigenvalue weighted by molar-refractivity contribution is 8.26. The fraction of sp³-hybridized carbons (Fsp3) is 0.429. The van der Waals surface area contributed by atoms with Gasteiger partial charge in [-0.15, -0.1) is 0 Å². The molecule has 1 aliphatic heterocycles. The summed E-state index contributed by atoms with van der Waals surface area (Å²) in [5, 5.41) is 11.9. The first-order valence-corrected chi connectivity index (χ1v) is 11.4. The average Bonchev–Trinajstić information content (AvgIpc) is 3.02. The minimum atomic E-state index is -0.272. The first kappa shape index (κ1) is 23.4. The van der Waals surface area contributed by atoms with E-state index in [1.165, 1.54) is 16.2 Å². The van der Waals surface area contributed by atoms with Gasteiger partial charge in [0.25, 0.3) is 11.5 Å². The number of amides is 1. The van der Waals surface area contributed by atoms with E-state index in [1.807, 2.05) is 13.0 Å². The van der Waals surface area contributed by atoms with Crippen LogP contribution in [0.15, 0.2) is 28.0 Å². The molecule has 0 radical (unpaired) electrons. The number of unbranched alkanes of at least 4 members (excludes halogenated alkanes) is 1. The van der Waals surface area contributed by atoms with Crippen LogP contribution in [0.3, 0.4) is 0 Å². The van der Waals surface area contributed by atoms with Crippen molar-refractivity contribution >= 4 is 51.7 Å². The number of nitrogens with zero attached hydrogens (tertiary/aromatic N) is 3. The Morgan fingerprint density at radius 2 is 2.13 bits per heavy atom. The Morgan fingerprint density at radius 1 is 1.32 bits per heavy atom. The molecule has 2 N–H and O–H groups in total. The Labute approximate surface area is 190 Å². The van der Waals surface area contributed by atoms with Gasteiger partial charge in [-0.1, -0.05) is 43.4 Å². The van der Waals surface area contributed by atoms with Gasteiger partial charge in [0.05, 0.1) is 30.3 Å². The van der Waals surface area contributed by atoms with Gasteiger partial charge < -0.3 is 15.2 Å². The number of aliphatic hydroxyl groups is 1. The molecule has 166 valence electrons. The van der Waals surface area contributed by atoms with Crippen LogP contribution < -0.4 is 10.9 Å². The maximum Gasteiger partial charge on any atom is 0.267 e. The molecular formula is C21H26N4O4S2. The molecule has 1 fully saturated rings. The number of aryl methyl sites for hydroxylation is 1. The van der Waals surface area contributed by atoms with Gasteiger partial charge in [-0.05, 0) is 31.1 Å². The van der Waals surface area contributed by atoms with Gasteiger partial charge in [0.1, 0.15) is 15.8 Å². The molecule has 1 aliphatic rings. The summed E-state index contributed by atoms with van der Waals surface area (Å²) in [4.78, 5) is 32.7. The normalized spacial score (nSPS) is 15.5. The number of aliphatic hydroxyl groups excluding tert-OH is 1. The molecule has 8 nitrogen and oxygen atoms in total. The topological polar surface area (TPSA) is 96.2 Å². The van der Waals surface area contributed by atoms with E-state index in [1.54, 1.807) is 23.2 Å². The number of anilines is 1. The lowest BCUT2D eigenvalue weighted by molar-refractivity contribution is -0.122. The van der Waals surface area contributed by atoms with E-state index in [4.69, 9.17) is 22.1 Å². The summed E-state index contributed by atoms with van der Waals surface area (Å²) in [5.74, 6) is 0.190. The van der Waals surface area contributed by atoms with Crippen LogP contribution in [0.2, 0.25) is 0 Å². The van der Waals surface area contributed by atoms with Crippen molar-refractivity contribution in [1.82, 2.24) is 14.3 Å². The van der Waals surface area contributed by atoms with Crippen LogP contribution in [0.5, 0.6) is 0 Å². The number of hydrogen-bond donors (Lipinski definition) is 2. The summed E-state index contributed by atoms with van der Waals surface area (Å²) < 4.78 is 7.25. The molecule has 0 aromatic carbocycles. The quantitative estimate of drug-likeness (QED) is 0.316. The van der Waals surface area contributed by atoms with Gasteiger partial charge in [0.15, 0.2) is 0 Å². The van der Waals surface area contributed by atoms with Crippen molar-refractivity contribution in [2.24, 2.45) is 0 Å². The van der Waals surface area contributed by atoms with Crippen molar-refractivity contribution in [3.63, 3.8) is 0 Å². The van der Waals surface area contributed by atoms with Crippen LogP contribution in [0, 0.1) is 6.92 Å². The molecule has 10 heteroatoms. The molecule has 1 amide bonds. The van der Waals surface area contributed by atoms with Crippen LogP contribution >= 0.6 is 24.0 Å². The molecule has 0 aliphatic carbocycles. The number of nitrogens with one attached hydrogen (secondary N) is 1. The lowest BCUT2D eigenvalue weighted by Gasteiger charge is -2.13. The first-order valence-electron chi connectivity index (χ1n) is 10.2. The van der Waals surface area contributed by atoms with Crippen molar-refractivity contribution < 1.29 is 14.6 Å². The molecule has 0 saturated carbocycles. The summed E-state index contributed by atoms with van der Waals surface area (Å²) in [6, 6.07) is 3.66. The largest absolute Gasteiger partial charge is 0.394 e. The van der Waals surface area contributed by atoms with E-state index in [-0.39, 0.29) is 24.7 Å². The molecule has 3 heterocycles. The molecule has 2 aromatic rings. The van der Waals surface area contributed by atoms with Gasteiger partial charge in [-0.25, -0.2) is 4.98 Å². The summed E-state index contributed by atoms with van der Waals surface area (Å²) in [7, 11) is 0. The van der Waals surface area contributed by atoms with Crippen LogP contribution in [-0.2, 0) is 9.53 Å². The van der Waals surface area contributed by atoms with Gasteiger partial charge in [0, 0.05) is 19.3 Å². The minimum absolute atomic E-state index is 0.0555. The Kier molecular flexibility index (Phi) is 8.19. The molecule has 2 aromatic heterocycles. The molecule has 0 unspecified atom stereocenters. The lowest BCUT2D eigenvalue weighted by Crippen LogP contribution is -2.29. The molecule has 0 bridgehead atoms. The molecule has 1 saturated heterocycles. The standard InChI is InChI=1S/C21H26N4O4S2/c1-3-4-8-24-20(28)16(31-21(24)30)12-15-18(22-7-10-29-11-9-26)23-17-6-5-14(2)13-25(17)19(15)27/h5-6,12-13,22,26H,3-4,7-11H2,1-2H3/b16-12-. The lowest BCUT2D eigenvalue weighted by atomic mass is 10.2. The number of pyridine rings is 1. The average molecular weight is 463 g/mol. The number of hydrogen-bond acceptors (Lipinski definition) is 8. The summed E-state index contributed by atoms with van der Waals surface area (Å²) >= 11 is 6.57. The van der Waals surface area contributed by atoms with E-state index in [2.05, 4.69) is 17.2 Å². The number of carbonyl (C=O) groups excluding carboxylic acids is 1. The number of rotatable bonds is 10. The SMILES string of the molecule is CCCCN1C(=O)/C(=C/c2c(NCCOCCO)nc3ccc(C)cn3c2=O)SC1=S. The van der Waals surface area contributed by atoms with Crippen molar-refractivity contribution in [2.75, 3.05) is 38.2 Å². The summed E-state index contributed by atoms with van der Waals surface area (Å²) in [5.41, 5.74) is 1.45. The number of thioether (sulfide) groups is 1. The zero-order chi connectivity index (χ0) is 22.4. The van der Waals surface area contributed by atoms with E-state index in [9.17, 15) is 9.59 Å². The van der Waals surface area contributed by atoms with Crippen LogP contribution in [0.25, 0.3) is 11.7 Å². The third kappa shape index (κ3) is 5.51. The minimum Gasteiger partial charge on any atom is -0.394 e. The maximum atomic E-state index is 13.3. The fourth-order valence-corrected chi connectivity index (χ4v) is 4.36. The third-order valence-electron chi connectivity index (χ3n) is 4.66. The predicted molar refractivity (Wildman–Crippen MR) is 127 cm³/mol. The highest BCUT2D eigenvalue weighted by atomic mass is 32.2.